The zero-order valence-electron chi connectivity index (χ0n) is 11.8. The summed E-state index contributed by atoms with van der Waals surface area (Å²) in [4.78, 5) is 0. The Bertz CT molecular complexity index is 563. The number of benzene rings is 2. The predicted molar refractivity (Wildman–Crippen MR) is 82.7 cm³/mol. The molecular weight excluding hydrogens is 273 g/mol. The SMILES string of the molecule is CCCNC(c1cc(C)cc(F)c1)c1cccc(Cl)c1. The summed E-state index contributed by atoms with van der Waals surface area (Å²) in [5.41, 5.74) is 2.90. The van der Waals surface area contributed by atoms with Gasteiger partial charge in [0.25, 0.3) is 0 Å². The van der Waals surface area contributed by atoms with Crippen LogP contribution in [0.5, 0.6) is 0 Å². The lowest BCUT2D eigenvalue weighted by Crippen LogP contribution is -2.23. The van der Waals surface area contributed by atoms with E-state index >= 15 is 0 Å². The van der Waals surface area contributed by atoms with E-state index in [1.54, 1.807) is 12.1 Å². The Morgan fingerprint density at radius 2 is 1.95 bits per heavy atom. The summed E-state index contributed by atoms with van der Waals surface area (Å²) in [5, 5.41) is 4.15. The maximum Gasteiger partial charge on any atom is 0.123 e. The van der Waals surface area contributed by atoms with Crippen LogP contribution in [0, 0.1) is 12.7 Å². The van der Waals surface area contributed by atoms with Crippen LogP contribution >= 0.6 is 11.6 Å². The molecule has 0 aliphatic heterocycles. The number of hydrogen-bond acceptors (Lipinski definition) is 1. The highest BCUT2D eigenvalue weighted by atomic mass is 35.5. The largest absolute Gasteiger partial charge is 0.306 e. The van der Waals surface area contributed by atoms with Gasteiger partial charge in [-0.05, 0) is 60.8 Å². The molecule has 2 aromatic carbocycles. The van der Waals surface area contributed by atoms with Crippen LogP contribution in [0.4, 0.5) is 4.39 Å². The summed E-state index contributed by atoms with van der Waals surface area (Å²) >= 11 is 6.07. The summed E-state index contributed by atoms with van der Waals surface area (Å²) in [7, 11) is 0. The van der Waals surface area contributed by atoms with Gasteiger partial charge in [0.15, 0.2) is 0 Å². The third-order valence-corrected chi connectivity index (χ3v) is 3.41. The molecule has 0 aromatic heterocycles. The van der Waals surface area contributed by atoms with E-state index in [2.05, 4.69) is 12.2 Å². The molecule has 0 radical (unpaired) electrons. The molecule has 106 valence electrons. The van der Waals surface area contributed by atoms with E-state index in [1.807, 2.05) is 37.3 Å². The monoisotopic (exact) mass is 291 g/mol. The fraction of sp³-hybridized carbons (Fsp3) is 0.294. The van der Waals surface area contributed by atoms with Gasteiger partial charge in [0.2, 0.25) is 0 Å². The summed E-state index contributed by atoms with van der Waals surface area (Å²) in [6.45, 7) is 4.88. The summed E-state index contributed by atoms with van der Waals surface area (Å²) in [6.07, 6.45) is 1.02. The first-order valence-electron chi connectivity index (χ1n) is 6.86. The van der Waals surface area contributed by atoms with Crippen LogP contribution in [-0.4, -0.2) is 6.54 Å². The highest BCUT2D eigenvalue weighted by Gasteiger charge is 2.14. The Hall–Kier alpha value is -1.38. The summed E-state index contributed by atoms with van der Waals surface area (Å²) < 4.78 is 13.7. The Labute approximate surface area is 124 Å². The van der Waals surface area contributed by atoms with E-state index in [0.717, 1.165) is 29.7 Å². The van der Waals surface area contributed by atoms with Crippen molar-refractivity contribution in [2.45, 2.75) is 26.3 Å². The molecular formula is C17H19ClFN. The molecule has 1 nitrogen and oxygen atoms in total. The quantitative estimate of drug-likeness (QED) is 0.828. The van der Waals surface area contributed by atoms with Crippen LogP contribution in [0.2, 0.25) is 5.02 Å². The molecule has 20 heavy (non-hydrogen) atoms. The summed E-state index contributed by atoms with van der Waals surface area (Å²) in [6, 6.07) is 12.8. The smallest absolute Gasteiger partial charge is 0.123 e. The highest BCUT2D eigenvalue weighted by molar-refractivity contribution is 6.30. The Morgan fingerprint density at radius 3 is 2.60 bits per heavy atom. The van der Waals surface area contributed by atoms with Crippen molar-refractivity contribution in [2.24, 2.45) is 0 Å². The molecule has 2 rings (SSSR count). The predicted octanol–water partition coefficient (Wildman–Crippen LogP) is 4.88. The van der Waals surface area contributed by atoms with E-state index in [9.17, 15) is 4.39 Å². The van der Waals surface area contributed by atoms with Gasteiger partial charge < -0.3 is 5.32 Å². The van der Waals surface area contributed by atoms with Crippen LogP contribution in [0.15, 0.2) is 42.5 Å². The molecule has 0 amide bonds. The van der Waals surface area contributed by atoms with Crippen LogP contribution in [0.3, 0.4) is 0 Å². The lowest BCUT2D eigenvalue weighted by Gasteiger charge is -2.20. The van der Waals surface area contributed by atoms with Gasteiger partial charge in [-0.3, -0.25) is 0 Å². The van der Waals surface area contributed by atoms with Crippen molar-refractivity contribution in [1.29, 1.82) is 0 Å². The standard InChI is InChI=1S/C17H19ClFN/c1-3-7-20-17(13-5-4-6-15(18)10-13)14-8-12(2)9-16(19)11-14/h4-6,8-11,17,20H,3,7H2,1-2H3. The molecule has 1 atom stereocenters. The first kappa shape index (κ1) is 15.0. The average Bonchev–Trinajstić information content (AvgIpc) is 2.38. The van der Waals surface area contributed by atoms with E-state index in [4.69, 9.17) is 11.6 Å². The van der Waals surface area contributed by atoms with E-state index in [0.29, 0.717) is 5.02 Å². The second-order valence-corrected chi connectivity index (χ2v) is 5.44. The van der Waals surface area contributed by atoms with Crippen molar-refractivity contribution in [3.8, 4) is 0 Å². The van der Waals surface area contributed by atoms with E-state index in [-0.39, 0.29) is 11.9 Å². The van der Waals surface area contributed by atoms with Gasteiger partial charge in [-0.25, -0.2) is 4.39 Å². The number of hydrogen-bond donors (Lipinski definition) is 1. The highest BCUT2D eigenvalue weighted by Crippen LogP contribution is 2.26. The molecule has 3 heteroatoms. The lowest BCUT2D eigenvalue weighted by molar-refractivity contribution is 0.584. The molecule has 1 N–H and O–H groups in total. The van der Waals surface area contributed by atoms with Gasteiger partial charge in [0.1, 0.15) is 5.82 Å². The summed E-state index contributed by atoms with van der Waals surface area (Å²) in [5.74, 6) is -0.203. The van der Waals surface area contributed by atoms with Crippen molar-refractivity contribution >= 4 is 11.6 Å². The fourth-order valence-corrected chi connectivity index (χ4v) is 2.53. The molecule has 0 aliphatic carbocycles. The number of nitrogens with one attached hydrogen (secondary N) is 1. The Kier molecular flexibility index (Phi) is 5.16. The Morgan fingerprint density at radius 1 is 1.15 bits per heavy atom. The van der Waals surface area contributed by atoms with Gasteiger partial charge in [-0.2, -0.15) is 0 Å². The van der Waals surface area contributed by atoms with E-state index < -0.39 is 0 Å². The fourth-order valence-electron chi connectivity index (χ4n) is 2.33. The second-order valence-electron chi connectivity index (χ2n) is 5.00. The van der Waals surface area contributed by atoms with Crippen molar-refractivity contribution in [3.05, 3.63) is 70.0 Å². The second kappa shape index (κ2) is 6.87. The maximum absolute atomic E-state index is 13.7. The number of halogens is 2. The molecule has 0 spiro atoms. The molecule has 0 saturated heterocycles. The van der Waals surface area contributed by atoms with Gasteiger partial charge in [-0.1, -0.05) is 36.7 Å². The van der Waals surface area contributed by atoms with Crippen molar-refractivity contribution < 1.29 is 4.39 Å². The van der Waals surface area contributed by atoms with Gasteiger partial charge in [0.05, 0.1) is 6.04 Å². The third-order valence-electron chi connectivity index (χ3n) is 3.18. The average molecular weight is 292 g/mol. The first-order chi connectivity index (χ1) is 9.60. The van der Waals surface area contributed by atoms with Crippen molar-refractivity contribution in [2.75, 3.05) is 6.54 Å². The Balaban J connectivity index is 2.41. The molecule has 0 heterocycles. The van der Waals surface area contributed by atoms with E-state index in [1.165, 1.54) is 0 Å². The van der Waals surface area contributed by atoms with Gasteiger partial charge in [0, 0.05) is 5.02 Å². The molecule has 0 fully saturated rings. The topological polar surface area (TPSA) is 12.0 Å². The van der Waals surface area contributed by atoms with Crippen LogP contribution in [-0.2, 0) is 0 Å². The minimum atomic E-state index is -0.203. The minimum absolute atomic E-state index is 0.0388. The number of rotatable bonds is 5. The van der Waals surface area contributed by atoms with Crippen LogP contribution < -0.4 is 5.32 Å². The van der Waals surface area contributed by atoms with Crippen molar-refractivity contribution in [3.63, 3.8) is 0 Å². The van der Waals surface area contributed by atoms with Gasteiger partial charge >= 0.3 is 0 Å². The first-order valence-corrected chi connectivity index (χ1v) is 7.24. The van der Waals surface area contributed by atoms with Gasteiger partial charge in [-0.15, -0.1) is 0 Å². The zero-order valence-corrected chi connectivity index (χ0v) is 12.5. The normalized spacial score (nSPS) is 12.4. The maximum atomic E-state index is 13.7. The third kappa shape index (κ3) is 3.81. The molecule has 0 aliphatic rings. The lowest BCUT2D eigenvalue weighted by atomic mass is 9.97. The minimum Gasteiger partial charge on any atom is -0.306 e. The van der Waals surface area contributed by atoms with Crippen molar-refractivity contribution in [1.82, 2.24) is 5.32 Å². The zero-order chi connectivity index (χ0) is 14.5. The molecule has 1 unspecified atom stereocenters. The molecule has 0 saturated carbocycles. The molecule has 2 aromatic rings. The molecule has 0 bridgehead atoms. The van der Waals surface area contributed by atoms with Crippen LogP contribution in [0.1, 0.15) is 36.1 Å². The number of aryl methyl sites for hydroxylation is 1. The van der Waals surface area contributed by atoms with Crippen LogP contribution in [0.25, 0.3) is 0 Å².